The lowest BCUT2D eigenvalue weighted by Gasteiger charge is -2.60. The lowest BCUT2D eigenvalue weighted by atomic mass is 9.49. The van der Waals surface area contributed by atoms with E-state index in [1.165, 1.54) is 24.8 Å². The molecule has 0 heterocycles. The third-order valence-electron chi connectivity index (χ3n) is 6.63. The van der Waals surface area contributed by atoms with E-state index in [0.717, 1.165) is 42.4 Å². The van der Waals surface area contributed by atoms with Crippen LogP contribution in [0.1, 0.15) is 49.7 Å². The molecule has 0 aliphatic heterocycles. The SMILES string of the molecule is COc1ccc(C)cc1CN(C)C(=O)C12CC3CC(CC(Br)(C3)C1)C2. The van der Waals surface area contributed by atoms with Gasteiger partial charge in [-0.15, -0.1) is 0 Å². The van der Waals surface area contributed by atoms with E-state index in [0.29, 0.717) is 12.5 Å². The molecule has 3 nitrogen and oxygen atoms in total. The molecule has 0 saturated heterocycles. The second kappa shape index (κ2) is 6.00. The summed E-state index contributed by atoms with van der Waals surface area (Å²) in [6.45, 7) is 2.70. The number of hydrogen-bond acceptors (Lipinski definition) is 2. The first-order valence-electron chi connectivity index (χ1n) is 9.40. The standard InChI is InChI=1S/C21H28BrNO2/c1-14-4-5-18(25-3)17(6-14)12-23(2)19(24)20-8-15-7-16(9-20)11-21(22,10-15)13-20/h4-6,15-16H,7-13H2,1-3H3. The molecule has 2 unspecified atom stereocenters. The zero-order valence-corrected chi connectivity index (χ0v) is 17.1. The monoisotopic (exact) mass is 405 g/mol. The summed E-state index contributed by atoms with van der Waals surface area (Å²) in [5.41, 5.74) is 2.15. The van der Waals surface area contributed by atoms with Crippen molar-refractivity contribution in [3.8, 4) is 5.75 Å². The van der Waals surface area contributed by atoms with Crippen LogP contribution in [0.25, 0.3) is 0 Å². The van der Waals surface area contributed by atoms with Gasteiger partial charge < -0.3 is 9.64 Å². The Morgan fingerprint density at radius 3 is 2.56 bits per heavy atom. The highest BCUT2D eigenvalue weighted by Crippen LogP contribution is 2.64. The summed E-state index contributed by atoms with van der Waals surface area (Å²) in [6, 6.07) is 6.19. The predicted molar refractivity (Wildman–Crippen MR) is 103 cm³/mol. The minimum absolute atomic E-state index is 0.139. The average Bonchev–Trinajstić information content (AvgIpc) is 2.52. The van der Waals surface area contributed by atoms with E-state index in [-0.39, 0.29) is 9.74 Å². The molecule has 1 aromatic rings. The Labute approximate surface area is 159 Å². The fraction of sp³-hybridized carbons (Fsp3) is 0.667. The van der Waals surface area contributed by atoms with Crippen LogP contribution in [-0.4, -0.2) is 29.3 Å². The minimum atomic E-state index is -0.139. The number of carbonyl (C=O) groups is 1. The van der Waals surface area contributed by atoms with Crippen LogP contribution in [-0.2, 0) is 11.3 Å². The number of aryl methyl sites for hydroxylation is 1. The second-order valence-corrected chi connectivity index (χ2v) is 10.6. The van der Waals surface area contributed by atoms with Crippen LogP contribution in [0.5, 0.6) is 5.75 Å². The van der Waals surface area contributed by atoms with E-state index in [1.54, 1.807) is 7.11 Å². The average molecular weight is 406 g/mol. The highest BCUT2D eigenvalue weighted by Gasteiger charge is 2.60. The number of amides is 1. The molecule has 0 radical (unpaired) electrons. The van der Waals surface area contributed by atoms with Gasteiger partial charge in [-0.2, -0.15) is 0 Å². The zero-order valence-electron chi connectivity index (χ0n) is 15.5. The maximum Gasteiger partial charge on any atom is 0.228 e. The van der Waals surface area contributed by atoms with Gasteiger partial charge in [-0.1, -0.05) is 33.6 Å². The van der Waals surface area contributed by atoms with Gasteiger partial charge in [-0.25, -0.2) is 0 Å². The molecule has 4 heteroatoms. The first-order chi connectivity index (χ1) is 11.8. The lowest BCUT2D eigenvalue weighted by Crippen LogP contribution is -2.58. The molecule has 4 fully saturated rings. The van der Waals surface area contributed by atoms with Gasteiger partial charge in [-0.05, 0) is 63.4 Å². The van der Waals surface area contributed by atoms with Gasteiger partial charge >= 0.3 is 0 Å². The van der Waals surface area contributed by atoms with Crippen molar-refractivity contribution < 1.29 is 9.53 Å². The predicted octanol–water partition coefficient (Wildman–Crippen LogP) is 4.70. The topological polar surface area (TPSA) is 29.5 Å². The number of rotatable bonds is 4. The molecule has 5 rings (SSSR count). The molecule has 1 aromatic carbocycles. The Morgan fingerprint density at radius 2 is 1.96 bits per heavy atom. The van der Waals surface area contributed by atoms with E-state index >= 15 is 0 Å². The number of carbonyl (C=O) groups excluding carboxylic acids is 1. The van der Waals surface area contributed by atoms with Gasteiger partial charge in [0.1, 0.15) is 5.75 Å². The first-order valence-corrected chi connectivity index (χ1v) is 10.2. The lowest BCUT2D eigenvalue weighted by molar-refractivity contribution is -0.154. The van der Waals surface area contributed by atoms with E-state index < -0.39 is 0 Å². The quantitative estimate of drug-likeness (QED) is 0.679. The van der Waals surface area contributed by atoms with E-state index in [2.05, 4.69) is 35.0 Å². The first kappa shape index (κ1) is 17.4. The summed E-state index contributed by atoms with van der Waals surface area (Å²) in [7, 11) is 3.66. The van der Waals surface area contributed by atoms with Gasteiger partial charge in [0, 0.05) is 23.5 Å². The highest BCUT2D eigenvalue weighted by atomic mass is 79.9. The molecule has 4 saturated carbocycles. The van der Waals surface area contributed by atoms with Crippen LogP contribution >= 0.6 is 15.9 Å². The van der Waals surface area contributed by atoms with Crippen LogP contribution in [0.15, 0.2) is 18.2 Å². The number of halogens is 1. The smallest absolute Gasteiger partial charge is 0.228 e. The normalized spacial score (nSPS) is 35.7. The van der Waals surface area contributed by atoms with E-state index in [4.69, 9.17) is 4.74 Å². The van der Waals surface area contributed by atoms with Gasteiger partial charge in [0.2, 0.25) is 5.91 Å². The Hall–Kier alpha value is -1.03. The molecular weight excluding hydrogens is 378 g/mol. The Bertz CT molecular complexity index is 687. The number of ether oxygens (including phenoxy) is 1. The molecule has 4 aliphatic rings. The van der Waals surface area contributed by atoms with Crippen LogP contribution in [0, 0.1) is 24.2 Å². The minimum Gasteiger partial charge on any atom is -0.496 e. The number of nitrogens with zero attached hydrogens (tertiary/aromatic N) is 1. The molecule has 2 atom stereocenters. The zero-order chi connectivity index (χ0) is 17.8. The van der Waals surface area contributed by atoms with Crippen molar-refractivity contribution in [1.29, 1.82) is 0 Å². The summed E-state index contributed by atoms with van der Waals surface area (Å²) in [5, 5.41) is 0. The third-order valence-corrected chi connectivity index (χ3v) is 7.56. The number of methoxy groups -OCH3 is 1. The third kappa shape index (κ3) is 3.01. The molecule has 136 valence electrons. The fourth-order valence-electron chi connectivity index (χ4n) is 6.16. The van der Waals surface area contributed by atoms with Gasteiger partial charge in [-0.3, -0.25) is 4.79 Å². The van der Waals surface area contributed by atoms with E-state index in [9.17, 15) is 4.79 Å². The molecule has 4 bridgehead atoms. The maximum absolute atomic E-state index is 13.5. The van der Waals surface area contributed by atoms with Crippen molar-refractivity contribution >= 4 is 21.8 Å². The summed E-state index contributed by atoms with van der Waals surface area (Å²) < 4.78 is 5.72. The molecule has 4 aliphatic carbocycles. The molecule has 1 amide bonds. The number of alkyl halides is 1. The maximum atomic E-state index is 13.5. The van der Waals surface area contributed by atoms with Crippen LogP contribution in [0.4, 0.5) is 0 Å². The van der Waals surface area contributed by atoms with Gasteiger partial charge in [0.25, 0.3) is 0 Å². The van der Waals surface area contributed by atoms with Gasteiger partial charge in [0.05, 0.1) is 12.5 Å². The van der Waals surface area contributed by atoms with Crippen LogP contribution in [0.2, 0.25) is 0 Å². The summed E-state index contributed by atoms with van der Waals surface area (Å²) >= 11 is 4.02. The van der Waals surface area contributed by atoms with Gasteiger partial charge in [0.15, 0.2) is 0 Å². The van der Waals surface area contributed by atoms with Crippen molar-refractivity contribution in [3.05, 3.63) is 29.3 Å². The van der Waals surface area contributed by atoms with Crippen LogP contribution < -0.4 is 4.74 Å². The van der Waals surface area contributed by atoms with Crippen LogP contribution in [0.3, 0.4) is 0 Å². The molecule has 25 heavy (non-hydrogen) atoms. The molecule has 0 aromatic heterocycles. The van der Waals surface area contributed by atoms with Crippen molar-refractivity contribution in [3.63, 3.8) is 0 Å². The molecule has 0 N–H and O–H groups in total. The summed E-state index contributed by atoms with van der Waals surface area (Å²) in [6.07, 6.45) is 7.04. The summed E-state index contributed by atoms with van der Waals surface area (Å²) in [5.74, 6) is 2.67. The Kier molecular flexibility index (Phi) is 4.18. The summed E-state index contributed by atoms with van der Waals surface area (Å²) in [4.78, 5) is 15.4. The largest absolute Gasteiger partial charge is 0.496 e. The second-order valence-electron chi connectivity index (χ2n) is 8.87. The number of hydrogen-bond donors (Lipinski definition) is 0. The van der Waals surface area contributed by atoms with E-state index in [1.807, 2.05) is 18.0 Å². The fourth-order valence-corrected chi connectivity index (χ4v) is 7.62. The highest BCUT2D eigenvalue weighted by molar-refractivity contribution is 9.10. The molecular formula is C21H28BrNO2. The molecule has 0 spiro atoms. The Morgan fingerprint density at radius 1 is 1.28 bits per heavy atom. The Balaban J connectivity index is 1.56. The van der Waals surface area contributed by atoms with Crippen molar-refractivity contribution in [2.24, 2.45) is 17.3 Å². The van der Waals surface area contributed by atoms with Crippen molar-refractivity contribution in [2.75, 3.05) is 14.2 Å². The number of benzene rings is 1. The van der Waals surface area contributed by atoms with Crippen molar-refractivity contribution in [1.82, 2.24) is 4.90 Å². The van der Waals surface area contributed by atoms with Crippen molar-refractivity contribution in [2.45, 2.75) is 56.3 Å².